The normalized spacial score (nSPS) is 16.7. The third-order valence-corrected chi connectivity index (χ3v) is 2.85. The van der Waals surface area contributed by atoms with Crippen LogP contribution < -0.4 is 15.5 Å². The number of ether oxygens (including phenoxy) is 1. The lowest BCUT2D eigenvalue weighted by atomic mass is 9.78. The molecule has 1 unspecified atom stereocenters. The minimum absolute atomic E-state index is 0.0571. The van der Waals surface area contributed by atoms with Gasteiger partial charge in [-0.25, -0.2) is 0 Å². The van der Waals surface area contributed by atoms with Crippen LogP contribution in [-0.2, 0) is 9.45 Å². The van der Waals surface area contributed by atoms with E-state index in [1.807, 2.05) is 0 Å². The van der Waals surface area contributed by atoms with E-state index in [0.717, 1.165) is 0 Å². The van der Waals surface area contributed by atoms with Crippen molar-refractivity contribution in [1.82, 2.24) is 5.32 Å². The Kier molecular flexibility index (Phi) is 4.21. The van der Waals surface area contributed by atoms with Gasteiger partial charge in [0.1, 0.15) is 11.9 Å². The van der Waals surface area contributed by atoms with Gasteiger partial charge in [0, 0.05) is 17.3 Å². The first-order valence-electron chi connectivity index (χ1n) is 5.94. The van der Waals surface area contributed by atoms with Gasteiger partial charge in [-0.15, -0.1) is 0 Å². The van der Waals surface area contributed by atoms with Crippen LogP contribution in [0.5, 0.6) is 5.75 Å². The molecule has 1 aromatic rings. The Hall–Kier alpha value is -2.13. The molecule has 0 radical (unpaired) electrons. The molecule has 0 aliphatic carbocycles. The first-order valence-corrected chi connectivity index (χ1v) is 5.94. The minimum Gasteiger partial charge on any atom is -0.474 e. The van der Waals surface area contributed by atoms with Crippen molar-refractivity contribution in [2.75, 3.05) is 13.3 Å². The highest BCUT2D eigenvalue weighted by molar-refractivity contribution is 6.62. The average molecular weight is 280 g/mol. The van der Waals surface area contributed by atoms with Gasteiger partial charge in [-0.05, 0) is 11.6 Å². The highest BCUT2D eigenvalue weighted by atomic mass is 16.6. The van der Waals surface area contributed by atoms with Crippen molar-refractivity contribution in [1.29, 1.82) is 0 Å². The van der Waals surface area contributed by atoms with E-state index in [1.54, 1.807) is 18.2 Å². The van der Waals surface area contributed by atoms with E-state index in [0.29, 0.717) is 16.8 Å². The maximum absolute atomic E-state index is 10.8. The lowest BCUT2D eigenvalue weighted by Gasteiger charge is -2.11. The number of carbonyl (C=O) groups excluding carboxylic acids is 1. The standard InChI is InChI=1S/C11H13BN2O6/c1-7(15)13-6-19-9-4-2-3-8-10(5-14(17)18)20-12(16)11(8)9/h2-4,10,16H,5-6H2,1H3,(H,13,15). The van der Waals surface area contributed by atoms with Crippen LogP contribution in [0.1, 0.15) is 18.6 Å². The predicted molar refractivity (Wildman–Crippen MR) is 69.0 cm³/mol. The summed E-state index contributed by atoms with van der Waals surface area (Å²) in [5.41, 5.74) is 0.888. The van der Waals surface area contributed by atoms with E-state index < -0.39 is 24.7 Å². The highest BCUT2D eigenvalue weighted by Crippen LogP contribution is 2.27. The molecule has 8 nitrogen and oxygen atoms in total. The third-order valence-electron chi connectivity index (χ3n) is 2.85. The minimum atomic E-state index is -1.27. The van der Waals surface area contributed by atoms with Crippen LogP contribution in [0.4, 0.5) is 0 Å². The molecule has 20 heavy (non-hydrogen) atoms. The molecule has 0 bridgehead atoms. The fraction of sp³-hybridized carbons (Fsp3) is 0.364. The van der Waals surface area contributed by atoms with Crippen LogP contribution >= 0.6 is 0 Å². The van der Waals surface area contributed by atoms with Crippen molar-refractivity contribution in [2.45, 2.75) is 13.0 Å². The third kappa shape index (κ3) is 3.06. The largest absolute Gasteiger partial charge is 0.496 e. The molecule has 1 aliphatic rings. The molecule has 106 valence electrons. The summed E-state index contributed by atoms with van der Waals surface area (Å²) >= 11 is 0. The van der Waals surface area contributed by atoms with Crippen molar-refractivity contribution in [3.63, 3.8) is 0 Å². The van der Waals surface area contributed by atoms with Crippen LogP contribution in [0.15, 0.2) is 18.2 Å². The average Bonchev–Trinajstić information content (AvgIpc) is 2.66. The summed E-state index contributed by atoms with van der Waals surface area (Å²) in [6, 6.07) is 4.89. The Labute approximate surface area is 115 Å². The van der Waals surface area contributed by atoms with Gasteiger partial charge in [0.15, 0.2) is 6.73 Å². The van der Waals surface area contributed by atoms with Crippen molar-refractivity contribution >= 4 is 18.5 Å². The fourth-order valence-corrected chi connectivity index (χ4v) is 2.02. The molecule has 0 fully saturated rings. The van der Waals surface area contributed by atoms with Gasteiger partial charge >= 0.3 is 7.12 Å². The zero-order valence-corrected chi connectivity index (χ0v) is 10.7. The summed E-state index contributed by atoms with van der Waals surface area (Å²) in [6.45, 7) is 0.863. The molecular weight excluding hydrogens is 267 g/mol. The second-order valence-electron chi connectivity index (χ2n) is 4.27. The Bertz CT molecular complexity index is 538. The first-order chi connectivity index (χ1) is 9.49. The topological polar surface area (TPSA) is 111 Å². The van der Waals surface area contributed by atoms with Crippen LogP contribution in [0.3, 0.4) is 0 Å². The number of nitrogens with one attached hydrogen (secondary N) is 1. The zero-order chi connectivity index (χ0) is 14.7. The molecule has 2 N–H and O–H groups in total. The monoisotopic (exact) mass is 280 g/mol. The number of rotatable bonds is 5. The molecule has 1 amide bonds. The Morgan fingerprint density at radius 2 is 2.40 bits per heavy atom. The quantitative estimate of drug-likeness (QED) is 0.316. The van der Waals surface area contributed by atoms with E-state index in [1.165, 1.54) is 6.92 Å². The maximum Gasteiger partial charge on any atom is 0.496 e. The van der Waals surface area contributed by atoms with E-state index in [-0.39, 0.29) is 12.6 Å². The zero-order valence-electron chi connectivity index (χ0n) is 10.7. The van der Waals surface area contributed by atoms with Crippen LogP contribution in [0.2, 0.25) is 0 Å². The molecule has 2 rings (SSSR count). The van der Waals surface area contributed by atoms with Gasteiger partial charge in [0.2, 0.25) is 12.5 Å². The summed E-state index contributed by atoms with van der Waals surface area (Å²) < 4.78 is 10.5. The summed E-state index contributed by atoms with van der Waals surface area (Å²) in [6.07, 6.45) is -0.806. The Morgan fingerprint density at radius 1 is 1.65 bits per heavy atom. The molecular formula is C11H13BN2O6. The van der Waals surface area contributed by atoms with Crippen LogP contribution in [-0.4, -0.2) is 36.2 Å². The van der Waals surface area contributed by atoms with E-state index in [4.69, 9.17) is 9.39 Å². The molecule has 1 aliphatic heterocycles. The van der Waals surface area contributed by atoms with Gasteiger partial charge in [-0.3, -0.25) is 14.9 Å². The lowest BCUT2D eigenvalue weighted by Crippen LogP contribution is -2.32. The molecule has 1 heterocycles. The van der Waals surface area contributed by atoms with Crippen molar-refractivity contribution in [3.8, 4) is 5.75 Å². The first kappa shape index (κ1) is 14.3. The summed E-state index contributed by atoms with van der Waals surface area (Å²) in [5.74, 6) is 0.0789. The maximum atomic E-state index is 10.8. The number of hydrogen-bond donors (Lipinski definition) is 2. The summed E-state index contributed by atoms with van der Waals surface area (Å²) in [5, 5.41) is 22.9. The van der Waals surface area contributed by atoms with E-state index in [2.05, 4.69) is 5.32 Å². The molecule has 0 saturated heterocycles. The number of hydrogen-bond acceptors (Lipinski definition) is 6. The molecule has 0 saturated carbocycles. The molecule has 1 aromatic carbocycles. The van der Waals surface area contributed by atoms with Gasteiger partial charge in [-0.1, -0.05) is 12.1 Å². The SMILES string of the molecule is CC(=O)NCOc1cccc2c1B(O)OC2C[N+](=O)[O-]. The Morgan fingerprint density at radius 3 is 3.05 bits per heavy atom. The smallest absolute Gasteiger partial charge is 0.474 e. The van der Waals surface area contributed by atoms with Crippen LogP contribution in [0.25, 0.3) is 0 Å². The van der Waals surface area contributed by atoms with Crippen molar-refractivity contribution < 1.29 is 24.1 Å². The number of carbonyl (C=O) groups is 1. The molecule has 1 atom stereocenters. The van der Waals surface area contributed by atoms with E-state index in [9.17, 15) is 19.9 Å². The van der Waals surface area contributed by atoms with Gasteiger partial charge < -0.3 is 19.7 Å². The number of nitrogens with zero attached hydrogens (tertiary/aromatic N) is 1. The van der Waals surface area contributed by atoms with Crippen LogP contribution in [0, 0.1) is 10.1 Å². The van der Waals surface area contributed by atoms with Gasteiger partial charge in [-0.2, -0.15) is 0 Å². The molecule has 0 spiro atoms. The lowest BCUT2D eigenvalue weighted by molar-refractivity contribution is -0.490. The second-order valence-corrected chi connectivity index (χ2v) is 4.27. The van der Waals surface area contributed by atoms with E-state index >= 15 is 0 Å². The van der Waals surface area contributed by atoms with Gasteiger partial charge in [0.05, 0.1) is 0 Å². The highest BCUT2D eigenvalue weighted by Gasteiger charge is 2.40. The summed E-state index contributed by atoms with van der Waals surface area (Å²) in [4.78, 5) is 20.8. The summed E-state index contributed by atoms with van der Waals surface area (Å²) in [7, 11) is -1.27. The number of amides is 1. The van der Waals surface area contributed by atoms with Crippen molar-refractivity contribution in [2.24, 2.45) is 0 Å². The van der Waals surface area contributed by atoms with Gasteiger partial charge in [0.25, 0.3) is 0 Å². The molecule has 0 aromatic heterocycles. The van der Waals surface area contributed by atoms with Crippen molar-refractivity contribution in [3.05, 3.63) is 33.9 Å². The number of benzene rings is 1. The second kappa shape index (κ2) is 5.89. The number of fused-ring (bicyclic) bond motifs is 1. The molecule has 9 heteroatoms. The Balaban J connectivity index is 2.18. The number of nitro groups is 1. The fourth-order valence-electron chi connectivity index (χ4n) is 2.02. The predicted octanol–water partition coefficient (Wildman–Crippen LogP) is -0.805.